The molecule has 6 heteroatoms. The summed E-state index contributed by atoms with van der Waals surface area (Å²) in [6, 6.07) is 5.58. The number of primary amides is 1. The Bertz CT molecular complexity index is 789. The van der Waals surface area contributed by atoms with Crippen LogP contribution in [0.15, 0.2) is 30.6 Å². The number of rotatable bonds is 3. The van der Waals surface area contributed by atoms with Crippen molar-refractivity contribution in [3.05, 3.63) is 46.7 Å². The van der Waals surface area contributed by atoms with E-state index in [9.17, 15) is 9.59 Å². The fourth-order valence-corrected chi connectivity index (χ4v) is 2.99. The number of nitrogens with zero attached hydrogens (tertiary/aromatic N) is 2. The quantitative estimate of drug-likeness (QED) is 0.940. The number of anilines is 1. The number of likely N-dealkylation sites (N-methyl/N-ethyl adjacent to an activating group) is 1. The molecular formula is C16H14ClN3O2. The van der Waals surface area contributed by atoms with Crippen molar-refractivity contribution in [2.24, 2.45) is 5.73 Å². The summed E-state index contributed by atoms with van der Waals surface area (Å²) >= 11 is 6.48. The van der Waals surface area contributed by atoms with Crippen LogP contribution >= 0.6 is 11.6 Å². The van der Waals surface area contributed by atoms with Gasteiger partial charge in [-0.3, -0.25) is 14.6 Å². The molecule has 0 radical (unpaired) electrons. The van der Waals surface area contributed by atoms with E-state index in [1.54, 1.807) is 24.3 Å². The van der Waals surface area contributed by atoms with Crippen LogP contribution in [0.25, 0.3) is 11.1 Å². The Hall–Kier alpha value is -2.40. The Morgan fingerprint density at radius 3 is 2.91 bits per heavy atom. The third-order valence-corrected chi connectivity index (χ3v) is 4.20. The number of carbonyl (C=O) groups is 2. The molecule has 3 rings (SSSR count). The van der Waals surface area contributed by atoms with Gasteiger partial charge in [-0.05, 0) is 17.7 Å². The molecular weight excluding hydrogens is 302 g/mol. The van der Waals surface area contributed by atoms with E-state index in [0.717, 1.165) is 27.9 Å². The number of hydrogen-bond donors (Lipinski definition) is 1. The van der Waals surface area contributed by atoms with Crippen molar-refractivity contribution in [1.82, 2.24) is 4.98 Å². The van der Waals surface area contributed by atoms with Crippen LogP contribution in [-0.4, -0.2) is 23.8 Å². The fraction of sp³-hybridized carbons (Fsp3) is 0.188. The molecule has 0 saturated heterocycles. The van der Waals surface area contributed by atoms with E-state index in [2.05, 4.69) is 4.98 Å². The van der Waals surface area contributed by atoms with Gasteiger partial charge in [0, 0.05) is 41.8 Å². The van der Waals surface area contributed by atoms with E-state index < -0.39 is 5.91 Å². The largest absolute Gasteiger partial charge is 0.369 e. The van der Waals surface area contributed by atoms with Gasteiger partial charge < -0.3 is 10.6 Å². The van der Waals surface area contributed by atoms with Gasteiger partial charge in [-0.15, -0.1) is 0 Å². The lowest BCUT2D eigenvalue weighted by Crippen LogP contribution is -2.20. The molecule has 2 aromatic rings. The molecule has 2 heterocycles. The number of nitrogens with two attached hydrogens (primary N) is 1. The molecule has 2 amide bonds. The van der Waals surface area contributed by atoms with Crippen LogP contribution in [0.1, 0.15) is 11.1 Å². The molecule has 112 valence electrons. The zero-order valence-corrected chi connectivity index (χ0v) is 12.7. The van der Waals surface area contributed by atoms with Crippen molar-refractivity contribution in [2.75, 3.05) is 11.9 Å². The highest BCUT2D eigenvalue weighted by Gasteiger charge is 2.27. The summed E-state index contributed by atoms with van der Waals surface area (Å²) in [5.41, 5.74) is 9.20. The van der Waals surface area contributed by atoms with E-state index in [1.807, 2.05) is 18.2 Å². The third-order valence-electron chi connectivity index (χ3n) is 3.77. The summed E-state index contributed by atoms with van der Waals surface area (Å²) in [4.78, 5) is 28.6. The first-order valence-corrected chi connectivity index (χ1v) is 7.15. The number of amides is 2. The number of carbonyl (C=O) groups excluding carboxylic acids is 2. The zero-order valence-electron chi connectivity index (χ0n) is 12.0. The number of hydrogen-bond acceptors (Lipinski definition) is 3. The maximum atomic E-state index is 11.8. The Labute approximate surface area is 132 Å². The number of halogens is 1. The monoisotopic (exact) mass is 315 g/mol. The van der Waals surface area contributed by atoms with Crippen LogP contribution in [0.5, 0.6) is 0 Å². The van der Waals surface area contributed by atoms with Crippen LogP contribution < -0.4 is 10.6 Å². The summed E-state index contributed by atoms with van der Waals surface area (Å²) < 4.78 is 0. The van der Waals surface area contributed by atoms with Gasteiger partial charge in [-0.25, -0.2) is 0 Å². The van der Waals surface area contributed by atoms with Gasteiger partial charge in [0.2, 0.25) is 11.8 Å². The minimum atomic E-state index is -0.411. The van der Waals surface area contributed by atoms with E-state index >= 15 is 0 Å². The van der Waals surface area contributed by atoms with Gasteiger partial charge in [-0.2, -0.15) is 0 Å². The normalized spacial score (nSPS) is 13.4. The summed E-state index contributed by atoms with van der Waals surface area (Å²) in [5.74, 6) is -0.388. The van der Waals surface area contributed by atoms with Crippen molar-refractivity contribution in [2.45, 2.75) is 12.8 Å². The van der Waals surface area contributed by atoms with E-state index in [-0.39, 0.29) is 12.3 Å². The van der Waals surface area contributed by atoms with Crippen LogP contribution in [0.3, 0.4) is 0 Å². The Morgan fingerprint density at radius 1 is 1.41 bits per heavy atom. The molecule has 0 fully saturated rings. The van der Waals surface area contributed by atoms with Gasteiger partial charge >= 0.3 is 0 Å². The summed E-state index contributed by atoms with van der Waals surface area (Å²) in [5, 5.41) is 0.549. The van der Waals surface area contributed by atoms with Crippen molar-refractivity contribution in [3.8, 4) is 11.1 Å². The highest BCUT2D eigenvalue weighted by atomic mass is 35.5. The maximum Gasteiger partial charge on any atom is 0.231 e. The lowest BCUT2D eigenvalue weighted by atomic mass is 10.0. The van der Waals surface area contributed by atoms with Crippen molar-refractivity contribution >= 4 is 29.1 Å². The lowest BCUT2D eigenvalue weighted by molar-refractivity contribution is -0.118. The Balaban J connectivity index is 2.05. The fourth-order valence-electron chi connectivity index (χ4n) is 2.65. The zero-order chi connectivity index (χ0) is 15.9. The van der Waals surface area contributed by atoms with E-state index in [1.165, 1.54) is 0 Å². The van der Waals surface area contributed by atoms with Crippen molar-refractivity contribution in [3.63, 3.8) is 0 Å². The Morgan fingerprint density at radius 2 is 2.18 bits per heavy atom. The summed E-state index contributed by atoms with van der Waals surface area (Å²) in [6.45, 7) is 0. The molecule has 1 aliphatic heterocycles. The second-order valence-electron chi connectivity index (χ2n) is 5.28. The van der Waals surface area contributed by atoms with Crippen LogP contribution in [0.2, 0.25) is 5.02 Å². The van der Waals surface area contributed by atoms with Gasteiger partial charge in [0.05, 0.1) is 17.9 Å². The van der Waals surface area contributed by atoms with E-state index in [4.69, 9.17) is 17.3 Å². The first kappa shape index (κ1) is 14.5. The average Bonchev–Trinajstić information content (AvgIpc) is 2.76. The first-order chi connectivity index (χ1) is 10.5. The first-order valence-electron chi connectivity index (χ1n) is 6.78. The van der Waals surface area contributed by atoms with Gasteiger partial charge in [-0.1, -0.05) is 17.7 Å². The number of benzene rings is 1. The second kappa shape index (κ2) is 5.42. The Kier molecular flexibility index (Phi) is 3.58. The molecule has 0 atom stereocenters. The highest BCUT2D eigenvalue weighted by molar-refractivity contribution is 6.35. The molecule has 1 aromatic heterocycles. The molecule has 2 N–H and O–H groups in total. The average molecular weight is 316 g/mol. The molecule has 1 aromatic carbocycles. The SMILES string of the molecule is CN1C(=O)Cc2c1ccc(-c1cncc(CC(N)=O)c1)c2Cl. The highest BCUT2D eigenvalue weighted by Crippen LogP contribution is 2.39. The molecule has 0 saturated carbocycles. The molecule has 1 aliphatic rings. The van der Waals surface area contributed by atoms with E-state index in [0.29, 0.717) is 11.4 Å². The van der Waals surface area contributed by atoms with Crippen LogP contribution in [0, 0.1) is 0 Å². The van der Waals surface area contributed by atoms with Crippen LogP contribution in [0.4, 0.5) is 5.69 Å². The van der Waals surface area contributed by atoms with Crippen LogP contribution in [-0.2, 0) is 22.4 Å². The number of pyridine rings is 1. The second-order valence-corrected chi connectivity index (χ2v) is 5.66. The minimum Gasteiger partial charge on any atom is -0.369 e. The number of aromatic nitrogens is 1. The summed E-state index contributed by atoms with van der Waals surface area (Å²) in [7, 11) is 1.74. The predicted molar refractivity (Wildman–Crippen MR) is 84.7 cm³/mol. The van der Waals surface area contributed by atoms with Crippen molar-refractivity contribution in [1.29, 1.82) is 0 Å². The molecule has 0 spiro atoms. The maximum absolute atomic E-state index is 11.8. The third kappa shape index (κ3) is 2.44. The van der Waals surface area contributed by atoms with Gasteiger partial charge in [0.25, 0.3) is 0 Å². The molecule has 0 unspecified atom stereocenters. The molecule has 22 heavy (non-hydrogen) atoms. The lowest BCUT2D eigenvalue weighted by Gasteiger charge is -2.13. The minimum absolute atomic E-state index is 0.0228. The number of fused-ring (bicyclic) bond motifs is 1. The summed E-state index contributed by atoms with van der Waals surface area (Å²) in [6.07, 6.45) is 3.71. The van der Waals surface area contributed by atoms with Crippen molar-refractivity contribution < 1.29 is 9.59 Å². The smallest absolute Gasteiger partial charge is 0.231 e. The predicted octanol–water partition coefficient (Wildman–Crippen LogP) is 1.95. The van der Waals surface area contributed by atoms with Gasteiger partial charge in [0.1, 0.15) is 0 Å². The topological polar surface area (TPSA) is 76.3 Å². The molecule has 0 aliphatic carbocycles. The standard InChI is InChI=1S/C16H14ClN3O2/c1-20-13-3-2-11(16(17)12(13)6-15(20)22)10-4-9(5-14(18)21)7-19-8-10/h2-4,7-8H,5-6H2,1H3,(H2,18,21). The molecule has 0 bridgehead atoms. The van der Waals surface area contributed by atoms with Gasteiger partial charge in [0.15, 0.2) is 0 Å². The molecule has 5 nitrogen and oxygen atoms in total.